The molecule has 0 aromatic carbocycles. The Balaban J connectivity index is 2.02. The largest absolute Gasteiger partial charge is 0.465 e. The molecule has 3 nitrogen and oxygen atoms in total. The van der Waals surface area contributed by atoms with E-state index in [2.05, 4.69) is 6.92 Å². The average Bonchev–Trinajstić information content (AvgIpc) is 3.05. The fourth-order valence-electron chi connectivity index (χ4n) is 1.68. The molecule has 0 amide bonds. The Bertz CT molecular complexity index is 190. The lowest BCUT2D eigenvalue weighted by molar-refractivity contribution is -0.144. The molecule has 1 unspecified atom stereocenters. The highest BCUT2D eigenvalue weighted by Crippen LogP contribution is 2.29. The third kappa shape index (κ3) is 5.78. The molecule has 0 radical (unpaired) electrons. The zero-order valence-electron chi connectivity index (χ0n) is 9.71. The molecule has 1 fully saturated rings. The van der Waals surface area contributed by atoms with Crippen LogP contribution in [0.25, 0.3) is 0 Å². The molecule has 1 atom stereocenters. The normalized spacial score (nSPS) is 17.5. The number of carbonyl (C=O) groups excluding carboxylic acids is 1. The Labute approximate surface area is 92.4 Å². The topological polar surface area (TPSA) is 52.3 Å². The van der Waals surface area contributed by atoms with Crippen LogP contribution in [0, 0.1) is 11.8 Å². The first-order valence-corrected chi connectivity index (χ1v) is 6.12. The van der Waals surface area contributed by atoms with Crippen molar-refractivity contribution >= 4 is 5.97 Å². The first-order chi connectivity index (χ1) is 7.26. The summed E-state index contributed by atoms with van der Waals surface area (Å²) in [5, 5.41) is 0. The monoisotopic (exact) mass is 213 g/mol. The van der Waals surface area contributed by atoms with Gasteiger partial charge in [-0.05, 0) is 44.1 Å². The zero-order chi connectivity index (χ0) is 11.1. The number of hydrogen-bond donors (Lipinski definition) is 1. The van der Waals surface area contributed by atoms with Crippen molar-refractivity contribution in [2.24, 2.45) is 17.6 Å². The lowest BCUT2D eigenvalue weighted by Crippen LogP contribution is -2.12. The van der Waals surface area contributed by atoms with E-state index in [-0.39, 0.29) is 5.97 Å². The molecule has 0 bridgehead atoms. The molecule has 1 rings (SSSR count). The molecular formula is C12H23NO2. The van der Waals surface area contributed by atoms with E-state index in [0.717, 1.165) is 25.8 Å². The number of rotatable bonds is 8. The summed E-state index contributed by atoms with van der Waals surface area (Å²) in [5.74, 6) is 1.22. The second-order valence-corrected chi connectivity index (χ2v) is 4.52. The van der Waals surface area contributed by atoms with Crippen LogP contribution in [0.1, 0.15) is 45.4 Å². The Morgan fingerprint density at radius 3 is 2.73 bits per heavy atom. The highest BCUT2D eigenvalue weighted by atomic mass is 16.5. The van der Waals surface area contributed by atoms with Gasteiger partial charge in [0.25, 0.3) is 0 Å². The van der Waals surface area contributed by atoms with Crippen molar-refractivity contribution in [3.8, 4) is 0 Å². The average molecular weight is 213 g/mol. The van der Waals surface area contributed by atoms with E-state index in [9.17, 15) is 4.79 Å². The molecule has 0 aromatic rings. The van der Waals surface area contributed by atoms with Gasteiger partial charge < -0.3 is 10.5 Å². The van der Waals surface area contributed by atoms with E-state index >= 15 is 0 Å². The van der Waals surface area contributed by atoms with Crippen LogP contribution in [0.2, 0.25) is 0 Å². The number of ether oxygens (including phenoxy) is 1. The molecule has 3 heteroatoms. The number of carbonyl (C=O) groups is 1. The minimum Gasteiger partial charge on any atom is -0.465 e. The van der Waals surface area contributed by atoms with Crippen molar-refractivity contribution in [1.82, 2.24) is 0 Å². The fraction of sp³-hybridized carbons (Fsp3) is 0.917. The van der Waals surface area contributed by atoms with Crippen molar-refractivity contribution in [2.45, 2.75) is 45.4 Å². The van der Waals surface area contributed by atoms with Crippen LogP contribution in [-0.4, -0.2) is 19.1 Å². The first kappa shape index (κ1) is 12.5. The lowest BCUT2D eigenvalue weighted by atomic mass is 9.97. The van der Waals surface area contributed by atoms with Crippen molar-refractivity contribution in [3.63, 3.8) is 0 Å². The van der Waals surface area contributed by atoms with Crippen LogP contribution in [0.5, 0.6) is 0 Å². The maximum atomic E-state index is 11.3. The molecule has 1 saturated carbocycles. The molecule has 0 saturated heterocycles. The standard InChI is InChI=1S/C12H23NO2/c1-2-10(7-8-13)5-6-12(14)15-9-11-3-4-11/h10-11H,2-9,13H2,1H3. The van der Waals surface area contributed by atoms with Crippen LogP contribution in [0.15, 0.2) is 0 Å². The third-order valence-corrected chi connectivity index (χ3v) is 3.09. The van der Waals surface area contributed by atoms with Crippen LogP contribution in [0.3, 0.4) is 0 Å². The van der Waals surface area contributed by atoms with Gasteiger partial charge in [-0.25, -0.2) is 0 Å². The molecule has 0 aromatic heterocycles. The van der Waals surface area contributed by atoms with Crippen LogP contribution in [0.4, 0.5) is 0 Å². The third-order valence-electron chi connectivity index (χ3n) is 3.09. The summed E-state index contributed by atoms with van der Waals surface area (Å²) in [6, 6.07) is 0. The molecule has 0 heterocycles. The van der Waals surface area contributed by atoms with Crippen molar-refractivity contribution in [2.75, 3.05) is 13.2 Å². The molecule has 88 valence electrons. The predicted octanol–water partition coefficient (Wildman–Crippen LogP) is 2.09. The van der Waals surface area contributed by atoms with Gasteiger partial charge in [-0.15, -0.1) is 0 Å². The maximum absolute atomic E-state index is 11.3. The van der Waals surface area contributed by atoms with E-state index in [1.807, 2.05) is 0 Å². The molecule has 1 aliphatic rings. The van der Waals surface area contributed by atoms with E-state index in [0.29, 0.717) is 24.9 Å². The highest BCUT2D eigenvalue weighted by Gasteiger charge is 2.23. The summed E-state index contributed by atoms with van der Waals surface area (Å²) in [4.78, 5) is 11.3. The predicted molar refractivity (Wildman–Crippen MR) is 60.4 cm³/mol. The Hall–Kier alpha value is -0.570. The first-order valence-electron chi connectivity index (χ1n) is 6.12. The Morgan fingerprint density at radius 2 is 2.20 bits per heavy atom. The number of esters is 1. The second kappa shape index (κ2) is 6.83. The van der Waals surface area contributed by atoms with E-state index in [1.54, 1.807) is 0 Å². The second-order valence-electron chi connectivity index (χ2n) is 4.52. The summed E-state index contributed by atoms with van der Waals surface area (Å²) in [6.07, 6.45) is 6.08. The minimum absolute atomic E-state index is 0.0302. The SMILES string of the molecule is CCC(CCN)CCC(=O)OCC1CC1. The van der Waals surface area contributed by atoms with Gasteiger partial charge >= 0.3 is 5.97 Å². The minimum atomic E-state index is -0.0302. The summed E-state index contributed by atoms with van der Waals surface area (Å²) in [6.45, 7) is 3.51. The summed E-state index contributed by atoms with van der Waals surface area (Å²) in [5.41, 5.74) is 5.50. The Morgan fingerprint density at radius 1 is 1.47 bits per heavy atom. The van der Waals surface area contributed by atoms with Gasteiger partial charge in [0, 0.05) is 6.42 Å². The molecule has 1 aliphatic carbocycles. The van der Waals surface area contributed by atoms with Crippen LogP contribution in [-0.2, 0) is 9.53 Å². The molecule has 0 aliphatic heterocycles. The smallest absolute Gasteiger partial charge is 0.305 e. The van der Waals surface area contributed by atoms with Crippen molar-refractivity contribution in [1.29, 1.82) is 0 Å². The van der Waals surface area contributed by atoms with Gasteiger partial charge in [-0.1, -0.05) is 13.3 Å². The van der Waals surface area contributed by atoms with Gasteiger partial charge in [0.1, 0.15) is 0 Å². The van der Waals surface area contributed by atoms with Crippen LogP contribution >= 0.6 is 0 Å². The molecule has 15 heavy (non-hydrogen) atoms. The van der Waals surface area contributed by atoms with Gasteiger partial charge in [0.05, 0.1) is 6.61 Å². The van der Waals surface area contributed by atoms with E-state index in [1.165, 1.54) is 12.8 Å². The van der Waals surface area contributed by atoms with Gasteiger partial charge in [0.15, 0.2) is 0 Å². The summed E-state index contributed by atoms with van der Waals surface area (Å²) in [7, 11) is 0. The lowest BCUT2D eigenvalue weighted by Gasteiger charge is -2.12. The quantitative estimate of drug-likeness (QED) is 0.628. The maximum Gasteiger partial charge on any atom is 0.305 e. The van der Waals surface area contributed by atoms with Crippen LogP contribution < -0.4 is 5.73 Å². The van der Waals surface area contributed by atoms with E-state index < -0.39 is 0 Å². The molecule has 0 spiro atoms. The molecule has 2 N–H and O–H groups in total. The molecular weight excluding hydrogens is 190 g/mol. The highest BCUT2D eigenvalue weighted by molar-refractivity contribution is 5.69. The Kier molecular flexibility index (Phi) is 5.69. The summed E-state index contributed by atoms with van der Waals surface area (Å²) < 4.78 is 5.17. The van der Waals surface area contributed by atoms with Crippen molar-refractivity contribution < 1.29 is 9.53 Å². The van der Waals surface area contributed by atoms with Crippen molar-refractivity contribution in [3.05, 3.63) is 0 Å². The van der Waals surface area contributed by atoms with E-state index in [4.69, 9.17) is 10.5 Å². The van der Waals surface area contributed by atoms with Gasteiger partial charge in [-0.2, -0.15) is 0 Å². The number of nitrogens with two attached hydrogens (primary N) is 1. The fourth-order valence-corrected chi connectivity index (χ4v) is 1.68. The zero-order valence-corrected chi connectivity index (χ0v) is 9.71. The van der Waals surface area contributed by atoms with Gasteiger partial charge in [-0.3, -0.25) is 4.79 Å². The van der Waals surface area contributed by atoms with Gasteiger partial charge in [0.2, 0.25) is 0 Å². The summed E-state index contributed by atoms with van der Waals surface area (Å²) >= 11 is 0. The number of hydrogen-bond acceptors (Lipinski definition) is 3.